The molecule has 2 aromatic rings. The number of nitrogens with zero attached hydrogens (tertiary/aromatic N) is 1. The van der Waals surface area contributed by atoms with Gasteiger partial charge in [0.1, 0.15) is 11.7 Å². The first-order valence-corrected chi connectivity index (χ1v) is 8.89. The first-order valence-electron chi connectivity index (χ1n) is 8.89. The molecule has 130 valence electrons. The Bertz CT molecular complexity index is 751. The maximum absolute atomic E-state index is 12.9. The first-order chi connectivity index (χ1) is 12.1. The van der Waals surface area contributed by atoms with Crippen molar-refractivity contribution < 1.29 is 15.0 Å². The Labute approximate surface area is 147 Å². The molecular formula is C21H23NO3. The van der Waals surface area contributed by atoms with Gasteiger partial charge in [-0.2, -0.15) is 0 Å². The van der Waals surface area contributed by atoms with Gasteiger partial charge in [-0.05, 0) is 29.5 Å². The third-order valence-electron chi connectivity index (χ3n) is 5.69. The average Bonchev–Trinajstić information content (AvgIpc) is 3.08. The second-order valence-electron chi connectivity index (χ2n) is 7.21. The third-order valence-corrected chi connectivity index (χ3v) is 5.69. The molecule has 1 fully saturated rings. The summed E-state index contributed by atoms with van der Waals surface area (Å²) in [5.74, 6) is 0.0397. The summed E-state index contributed by atoms with van der Waals surface area (Å²) in [6.45, 7) is 0.644. The molecule has 1 saturated heterocycles. The van der Waals surface area contributed by atoms with Crippen molar-refractivity contribution in [3.8, 4) is 0 Å². The third kappa shape index (κ3) is 2.86. The number of carbonyl (C=O) groups is 1. The van der Waals surface area contributed by atoms with Crippen molar-refractivity contribution >= 4 is 5.91 Å². The van der Waals surface area contributed by atoms with Crippen LogP contribution in [0.15, 0.2) is 54.6 Å². The van der Waals surface area contributed by atoms with E-state index < -0.39 is 11.7 Å². The SMILES string of the molecule is O=C(C1Cc2ccccc2C1)N1CC[C@](O)(c2ccccc2)[C@@H](O)C1. The number of hydrogen-bond donors (Lipinski definition) is 2. The summed E-state index contributed by atoms with van der Waals surface area (Å²) in [6.07, 6.45) is 0.912. The van der Waals surface area contributed by atoms with E-state index in [0.717, 1.165) is 12.8 Å². The van der Waals surface area contributed by atoms with E-state index in [4.69, 9.17) is 0 Å². The van der Waals surface area contributed by atoms with Gasteiger partial charge in [-0.3, -0.25) is 4.79 Å². The molecule has 4 heteroatoms. The van der Waals surface area contributed by atoms with Gasteiger partial charge < -0.3 is 15.1 Å². The van der Waals surface area contributed by atoms with Crippen molar-refractivity contribution in [1.82, 2.24) is 4.90 Å². The van der Waals surface area contributed by atoms with Gasteiger partial charge in [0.2, 0.25) is 5.91 Å². The van der Waals surface area contributed by atoms with Crippen LogP contribution in [0, 0.1) is 5.92 Å². The topological polar surface area (TPSA) is 60.8 Å². The monoisotopic (exact) mass is 337 g/mol. The maximum atomic E-state index is 12.9. The second kappa shape index (κ2) is 6.28. The second-order valence-corrected chi connectivity index (χ2v) is 7.21. The van der Waals surface area contributed by atoms with Crippen molar-refractivity contribution in [2.75, 3.05) is 13.1 Å². The summed E-state index contributed by atoms with van der Waals surface area (Å²) in [6, 6.07) is 17.4. The minimum absolute atomic E-state index is 0.0486. The molecule has 0 spiro atoms. The number of likely N-dealkylation sites (tertiary alicyclic amines) is 1. The first kappa shape index (κ1) is 16.3. The molecule has 4 nitrogen and oxygen atoms in total. The van der Waals surface area contributed by atoms with E-state index in [9.17, 15) is 15.0 Å². The van der Waals surface area contributed by atoms with Gasteiger partial charge in [0.05, 0.1) is 0 Å². The lowest BCUT2D eigenvalue weighted by Gasteiger charge is -2.43. The summed E-state index contributed by atoms with van der Waals surface area (Å²) in [5, 5.41) is 21.5. The van der Waals surface area contributed by atoms with Crippen LogP contribution in [0.5, 0.6) is 0 Å². The summed E-state index contributed by atoms with van der Waals surface area (Å²) >= 11 is 0. The zero-order chi connectivity index (χ0) is 17.4. The minimum atomic E-state index is -1.28. The predicted octanol–water partition coefficient (Wildman–Crippen LogP) is 1.88. The number of β-amino-alcohol motifs (C(OH)–C–C–N with tert-alkyl or cyclic N) is 1. The van der Waals surface area contributed by atoms with Crippen molar-refractivity contribution in [2.45, 2.75) is 31.0 Å². The molecule has 2 N–H and O–H groups in total. The summed E-state index contributed by atoms with van der Waals surface area (Å²) in [7, 11) is 0. The number of piperidine rings is 1. The normalized spacial score (nSPS) is 26.5. The van der Waals surface area contributed by atoms with Crippen LogP contribution in [0.25, 0.3) is 0 Å². The lowest BCUT2D eigenvalue weighted by Crippen LogP contribution is -2.56. The lowest BCUT2D eigenvalue weighted by atomic mass is 9.82. The highest BCUT2D eigenvalue weighted by molar-refractivity contribution is 5.80. The minimum Gasteiger partial charge on any atom is -0.388 e. The average molecular weight is 337 g/mol. The number of rotatable bonds is 2. The number of aliphatic hydroxyl groups is 2. The van der Waals surface area contributed by atoms with Crippen LogP contribution in [-0.2, 0) is 23.2 Å². The van der Waals surface area contributed by atoms with Crippen molar-refractivity contribution in [3.63, 3.8) is 0 Å². The molecule has 4 rings (SSSR count). The smallest absolute Gasteiger partial charge is 0.226 e. The Morgan fingerprint density at radius 3 is 2.20 bits per heavy atom. The van der Waals surface area contributed by atoms with Crippen LogP contribution < -0.4 is 0 Å². The molecule has 1 aliphatic carbocycles. The van der Waals surface area contributed by atoms with Crippen molar-refractivity contribution in [2.24, 2.45) is 5.92 Å². The van der Waals surface area contributed by atoms with Crippen LogP contribution in [0.1, 0.15) is 23.1 Å². The highest BCUT2D eigenvalue weighted by Gasteiger charge is 2.44. The number of benzene rings is 2. The number of fused-ring (bicyclic) bond motifs is 1. The summed E-state index contributed by atoms with van der Waals surface area (Å²) in [5.41, 5.74) is 1.93. The van der Waals surface area contributed by atoms with E-state index in [1.807, 2.05) is 42.5 Å². The Balaban J connectivity index is 1.46. The molecule has 1 aliphatic heterocycles. The van der Waals surface area contributed by atoms with Gasteiger partial charge in [-0.25, -0.2) is 0 Å². The maximum Gasteiger partial charge on any atom is 0.226 e. The molecule has 0 aromatic heterocycles. The number of amides is 1. The van der Waals surface area contributed by atoms with Crippen molar-refractivity contribution in [3.05, 3.63) is 71.3 Å². The summed E-state index contributed by atoms with van der Waals surface area (Å²) in [4.78, 5) is 14.6. The fraction of sp³-hybridized carbons (Fsp3) is 0.381. The van der Waals surface area contributed by atoms with Gasteiger partial charge >= 0.3 is 0 Å². The molecule has 0 saturated carbocycles. The number of aliphatic hydroxyl groups excluding tert-OH is 1. The number of carbonyl (C=O) groups excluding carboxylic acids is 1. The Morgan fingerprint density at radius 1 is 1.00 bits per heavy atom. The standard InChI is InChI=1S/C21H23NO3/c23-19-14-22(11-10-21(19,25)18-8-2-1-3-9-18)20(24)17-12-15-6-4-5-7-16(15)13-17/h1-9,17,19,23,25H,10-14H2/t19-,21-/m0/s1. The highest BCUT2D eigenvalue weighted by Crippen LogP contribution is 2.35. The Hall–Kier alpha value is -2.17. The van der Waals surface area contributed by atoms with Crippen molar-refractivity contribution in [1.29, 1.82) is 0 Å². The quantitative estimate of drug-likeness (QED) is 0.880. The van der Waals surface area contributed by atoms with Crippen LogP contribution in [-0.4, -0.2) is 40.2 Å². The number of hydrogen-bond acceptors (Lipinski definition) is 3. The molecule has 1 amide bonds. The predicted molar refractivity (Wildman–Crippen MR) is 94.9 cm³/mol. The molecule has 0 radical (unpaired) electrons. The van der Waals surface area contributed by atoms with E-state index in [-0.39, 0.29) is 18.4 Å². The molecular weight excluding hydrogens is 314 g/mol. The largest absolute Gasteiger partial charge is 0.388 e. The fourth-order valence-corrected chi connectivity index (χ4v) is 4.18. The van der Waals surface area contributed by atoms with Crippen LogP contribution in [0.2, 0.25) is 0 Å². The zero-order valence-electron chi connectivity index (χ0n) is 14.1. The fourth-order valence-electron chi connectivity index (χ4n) is 4.18. The van der Waals surface area contributed by atoms with Crippen LogP contribution >= 0.6 is 0 Å². The summed E-state index contributed by atoms with van der Waals surface area (Å²) < 4.78 is 0. The van der Waals surface area contributed by atoms with Crippen LogP contribution in [0.3, 0.4) is 0 Å². The molecule has 0 bridgehead atoms. The molecule has 2 aliphatic rings. The van der Waals surface area contributed by atoms with E-state index in [0.29, 0.717) is 18.5 Å². The Morgan fingerprint density at radius 2 is 1.60 bits per heavy atom. The van der Waals surface area contributed by atoms with Gasteiger partial charge in [-0.15, -0.1) is 0 Å². The van der Waals surface area contributed by atoms with E-state index in [2.05, 4.69) is 12.1 Å². The van der Waals surface area contributed by atoms with Gasteiger partial charge in [0.15, 0.2) is 0 Å². The molecule has 0 unspecified atom stereocenters. The molecule has 2 atom stereocenters. The zero-order valence-corrected chi connectivity index (χ0v) is 14.1. The van der Waals surface area contributed by atoms with Gasteiger partial charge in [0.25, 0.3) is 0 Å². The highest BCUT2D eigenvalue weighted by atomic mass is 16.3. The van der Waals surface area contributed by atoms with E-state index in [1.54, 1.807) is 4.90 Å². The molecule has 25 heavy (non-hydrogen) atoms. The lowest BCUT2D eigenvalue weighted by molar-refractivity contribution is -0.154. The van der Waals surface area contributed by atoms with Gasteiger partial charge in [0, 0.05) is 25.4 Å². The van der Waals surface area contributed by atoms with E-state index >= 15 is 0 Å². The van der Waals surface area contributed by atoms with E-state index in [1.165, 1.54) is 11.1 Å². The van der Waals surface area contributed by atoms with Gasteiger partial charge in [-0.1, -0.05) is 54.6 Å². The van der Waals surface area contributed by atoms with Crippen LogP contribution in [0.4, 0.5) is 0 Å². The molecule has 1 heterocycles. The molecule has 2 aromatic carbocycles. The Kier molecular flexibility index (Phi) is 4.10.